The van der Waals surface area contributed by atoms with Crippen LogP contribution in [-0.4, -0.2) is 142 Å². The molecule has 0 spiro atoms. The van der Waals surface area contributed by atoms with Gasteiger partial charge in [0.05, 0.1) is 26.4 Å². The van der Waals surface area contributed by atoms with Gasteiger partial charge in [0.15, 0.2) is 12.6 Å². The highest BCUT2D eigenvalue weighted by atomic mass is 16.7. The Bertz CT molecular complexity index is 1360. The molecule has 0 radical (unpaired) electrons. The SMILES string of the molecule is CCCCCCCC/C=C\CCCCCCCCCCCCOCC(COC1OC(COC2OC(CO)C(O)C(O)C2O)C(O)C(O)C1O)OC(=O)CCCCCCCCCCCCCCCCCCCCCCCCCCC. The van der Waals surface area contributed by atoms with Crippen LogP contribution in [0.25, 0.3) is 0 Å². The average Bonchev–Trinajstić information content (AvgIpc) is 3.46. The molecule has 11 atom stereocenters. The molecule has 7 N–H and O–H groups in total. The molecular formula is C65H124O14. The molecule has 0 saturated carbocycles. The standard InChI is InChI=1S/C65H124O14/c1-3-5-7-9-11-13-15-17-19-21-23-25-26-27-28-29-30-32-34-36-38-40-42-44-46-48-57(67)77-54(51-74-49-47-45-43-41-39-37-35-33-31-24-22-20-18-16-14-12-10-8-6-4-2)52-75-64-63(73)61(71)59(69)56(79-64)53-76-65-62(72)60(70)58(68)55(50-66)78-65/h18,20,54-56,58-66,68-73H,3-17,19,21-53H2,1-2H3/b20-18-. The topological polar surface area (TPSA) is 214 Å². The first-order chi connectivity index (χ1) is 38.6. The van der Waals surface area contributed by atoms with Crippen molar-refractivity contribution in [3.05, 3.63) is 12.2 Å². The third-order valence-electron chi connectivity index (χ3n) is 16.3. The predicted molar refractivity (Wildman–Crippen MR) is 317 cm³/mol. The third-order valence-corrected chi connectivity index (χ3v) is 16.3. The maximum atomic E-state index is 13.1. The smallest absolute Gasteiger partial charge is 0.306 e. The summed E-state index contributed by atoms with van der Waals surface area (Å²) in [5.74, 6) is -0.367. The molecule has 2 heterocycles. The molecule has 2 fully saturated rings. The highest BCUT2D eigenvalue weighted by Gasteiger charge is 2.47. The number of carbonyl (C=O) groups excluding carboxylic acids is 1. The normalized spacial score (nSPS) is 24.0. The minimum absolute atomic E-state index is 0.0672. The Morgan fingerprint density at radius 2 is 0.747 bits per heavy atom. The van der Waals surface area contributed by atoms with Crippen LogP contribution in [0.15, 0.2) is 12.2 Å². The van der Waals surface area contributed by atoms with Crippen molar-refractivity contribution in [2.24, 2.45) is 0 Å². The molecule has 14 nitrogen and oxygen atoms in total. The first-order valence-corrected chi connectivity index (χ1v) is 33.3. The molecule has 0 aromatic rings. The molecule has 2 aliphatic heterocycles. The van der Waals surface area contributed by atoms with Gasteiger partial charge in [-0.1, -0.05) is 264 Å². The van der Waals surface area contributed by atoms with Crippen LogP contribution in [0.3, 0.4) is 0 Å². The van der Waals surface area contributed by atoms with Crippen LogP contribution in [0.1, 0.15) is 296 Å². The summed E-state index contributed by atoms with van der Waals surface area (Å²) in [4.78, 5) is 13.1. The molecule has 0 aliphatic carbocycles. The third kappa shape index (κ3) is 38.3. The number of ether oxygens (including phenoxy) is 6. The van der Waals surface area contributed by atoms with Crippen LogP contribution >= 0.6 is 0 Å². The number of aliphatic hydroxyl groups excluding tert-OH is 7. The van der Waals surface area contributed by atoms with E-state index < -0.39 is 80.7 Å². The Hall–Kier alpha value is -1.27. The zero-order valence-corrected chi connectivity index (χ0v) is 50.6. The Morgan fingerprint density at radius 1 is 0.405 bits per heavy atom. The molecule has 468 valence electrons. The van der Waals surface area contributed by atoms with Gasteiger partial charge in [-0.15, -0.1) is 0 Å². The monoisotopic (exact) mass is 1130 g/mol. The Morgan fingerprint density at radius 3 is 1.15 bits per heavy atom. The molecule has 0 bridgehead atoms. The van der Waals surface area contributed by atoms with Crippen molar-refractivity contribution in [3.8, 4) is 0 Å². The Balaban J connectivity index is 1.65. The van der Waals surface area contributed by atoms with E-state index in [1.165, 1.54) is 231 Å². The molecule has 2 saturated heterocycles. The fraction of sp³-hybridized carbons (Fsp3) is 0.954. The van der Waals surface area contributed by atoms with Gasteiger partial charge in [-0.05, 0) is 38.5 Å². The van der Waals surface area contributed by atoms with Crippen molar-refractivity contribution < 1.29 is 69.0 Å². The predicted octanol–water partition coefficient (Wildman–Crippen LogP) is 13.3. The molecule has 0 aromatic heterocycles. The molecule has 14 heteroatoms. The van der Waals surface area contributed by atoms with Crippen LogP contribution in [0.2, 0.25) is 0 Å². The number of allylic oxidation sites excluding steroid dienone is 2. The van der Waals surface area contributed by atoms with Gasteiger partial charge in [-0.2, -0.15) is 0 Å². The first kappa shape index (κ1) is 73.8. The summed E-state index contributed by atoms with van der Waals surface area (Å²) < 4.78 is 34.5. The van der Waals surface area contributed by atoms with Gasteiger partial charge in [-0.3, -0.25) is 4.79 Å². The summed E-state index contributed by atoms with van der Waals surface area (Å²) >= 11 is 0. The van der Waals surface area contributed by atoms with Gasteiger partial charge in [0.25, 0.3) is 0 Å². The molecular weight excluding hydrogens is 1000 g/mol. The van der Waals surface area contributed by atoms with Crippen LogP contribution in [-0.2, 0) is 33.2 Å². The van der Waals surface area contributed by atoms with Crippen LogP contribution in [0, 0.1) is 0 Å². The Labute approximate surface area is 482 Å². The van der Waals surface area contributed by atoms with E-state index in [0.29, 0.717) is 13.0 Å². The lowest BCUT2D eigenvalue weighted by Crippen LogP contribution is -2.61. The van der Waals surface area contributed by atoms with Crippen molar-refractivity contribution in [2.45, 2.75) is 364 Å². The average molecular weight is 1130 g/mol. The van der Waals surface area contributed by atoms with Crippen molar-refractivity contribution in [3.63, 3.8) is 0 Å². The van der Waals surface area contributed by atoms with E-state index in [-0.39, 0.29) is 25.6 Å². The maximum Gasteiger partial charge on any atom is 0.306 e. The lowest BCUT2D eigenvalue weighted by atomic mass is 9.98. The number of unbranched alkanes of at least 4 members (excludes halogenated alkanes) is 40. The number of rotatable bonds is 56. The van der Waals surface area contributed by atoms with Crippen molar-refractivity contribution in [1.82, 2.24) is 0 Å². The van der Waals surface area contributed by atoms with Crippen molar-refractivity contribution in [2.75, 3.05) is 33.0 Å². The fourth-order valence-electron chi connectivity index (χ4n) is 10.9. The molecule has 79 heavy (non-hydrogen) atoms. The zero-order chi connectivity index (χ0) is 57.2. The molecule has 2 rings (SSSR count). The summed E-state index contributed by atoms with van der Waals surface area (Å²) in [6.45, 7) is 3.76. The molecule has 0 amide bonds. The molecule has 0 aromatic carbocycles. The highest BCUT2D eigenvalue weighted by Crippen LogP contribution is 2.27. The van der Waals surface area contributed by atoms with E-state index in [1.807, 2.05) is 0 Å². The summed E-state index contributed by atoms with van der Waals surface area (Å²) in [7, 11) is 0. The number of carbonyl (C=O) groups is 1. The quantitative estimate of drug-likeness (QED) is 0.0172. The second kappa shape index (κ2) is 52.3. The van der Waals surface area contributed by atoms with Crippen LogP contribution < -0.4 is 0 Å². The number of esters is 1. The van der Waals surface area contributed by atoms with Crippen molar-refractivity contribution >= 4 is 5.97 Å². The van der Waals surface area contributed by atoms with E-state index in [9.17, 15) is 40.5 Å². The minimum atomic E-state index is -1.70. The summed E-state index contributed by atoms with van der Waals surface area (Å²) in [5, 5.41) is 72.5. The van der Waals surface area contributed by atoms with Gasteiger partial charge in [0.1, 0.15) is 54.9 Å². The van der Waals surface area contributed by atoms with Crippen LogP contribution in [0.4, 0.5) is 0 Å². The van der Waals surface area contributed by atoms with E-state index in [2.05, 4.69) is 26.0 Å². The van der Waals surface area contributed by atoms with E-state index in [4.69, 9.17) is 28.4 Å². The summed E-state index contributed by atoms with van der Waals surface area (Å²) in [5.41, 5.74) is 0. The van der Waals surface area contributed by atoms with Gasteiger partial charge < -0.3 is 64.2 Å². The summed E-state index contributed by atoms with van der Waals surface area (Å²) in [6.07, 6.45) is 44.3. The largest absolute Gasteiger partial charge is 0.457 e. The second-order valence-electron chi connectivity index (χ2n) is 23.7. The van der Waals surface area contributed by atoms with E-state index in [0.717, 1.165) is 38.5 Å². The molecule has 11 unspecified atom stereocenters. The Kier molecular flexibility index (Phi) is 48.9. The second-order valence-corrected chi connectivity index (χ2v) is 23.7. The maximum absolute atomic E-state index is 13.1. The number of hydrogen-bond donors (Lipinski definition) is 7. The van der Waals surface area contributed by atoms with E-state index >= 15 is 0 Å². The summed E-state index contributed by atoms with van der Waals surface area (Å²) in [6, 6.07) is 0. The highest BCUT2D eigenvalue weighted by molar-refractivity contribution is 5.69. The first-order valence-electron chi connectivity index (χ1n) is 33.3. The van der Waals surface area contributed by atoms with Gasteiger partial charge in [0.2, 0.25) is 0 Å². The zero-order valence-electron chi connectivity index (χ0n) is 50.6. The van der Waals surface area contributed by atoms with Gasteiger partial charge in [0, 0.05) is 13.0 Å². The lowest BCUT2D eigenvalue weighted by Gasteiger charge is -2.42. The lowest BCUT2D eigenvalue weighted by molar-refractivity contribution is -0.332. The van der Waals surface area contributed by atoms with Gasteiger partial charge in [-0.25, -0.2) is 0 Å². The van der Waals surface area contributed by atoms with Crippen LogP contribution in [0.5, 0.6) is 0 Å². The minimum Gasteiger partial charge on any atom is -0.457 e. The van der Waals surface area contributed by atoms with Gasteiger partial charge >= 0.3 is 5.97 Å². The molecule has 2 aliphatic rings. The van der Waals surface area contributed by atoms with Crippen molar-refractivity contribution in [1.29, 1.82) is 0 Å². The number of hydrogen-bond acceptors (Lipinski definition) is 14. The number of aliphatic hydroxyl groups is 7. The fourth-order valence-corrected chi connectivity index (χ4v) is 10.9. The van der Waals surface area contributed by atoms with E-state index in [1.54, 1.807) is 0 Å².